The topological polar surface area (TPSA) is 231 Å². The Hall–Kier alpha value is -3.78. The van der Waals surface area contributed by atoms with Crippen LogP contribution in [0.3, 0.4) is 0 Å². The summed E-state index contributed by atoms with van der Waals surface area (Å²) in [6.45, 7) is -0.390. The number of aliphatic carboxylic acids is 1. The zero-order valence-corrected chi connectivity index (χ0v) is 20.5. The summed E-state index contributed by atoms with van der Waals surface area (Å²) in [6.07, 6.45) is 2.52. The number of H-pyrrole nitrogens is 1. The van der Waals surface area contributed by atoms with Crippen LogP contribution in [0, 0.1) is 0 Å². The number of hydrogen-bond acceptors (Lipinski definition) is 7. The molecule has 1 aromatic heterocycles. The number of thiol groups is 1. The largest absolute Gasteiger partial charge is 0.480 e. The van der Waals surface area contributed by atoms with Crippen LogP contribution in [0.4, 0.5) is 0 Å². The van der Waals surface area contributed by atoms with Crippen molar-refractivity contribution in [2.75, 3.05) is 18.8 Å². The number of para-hydroxylation sites is 1. The molecule has 0 saturated carbocycles. The first-order valence-corrected chi connectivity index (χ1v) is 11.8. The van der Waals surface area contributed by atoms with Gasteiger partial charge in [-0.2, -0.15) is 12.6 Å². The fourth-order valence-corrected chi connectivity index (χ4v) is 3.69. The number of carbonyl (C=O) groups excluding carboxylic acids is 3. The van der Waals surface area contributed by atoms with Gasteiger partial charge in [0.1, 0.15) is 18.6 Å². The molecule has 0 aliphatic rings. The highest BCUT2D eigenvalue weighted by atomic mass is 32.1. The summed E-state index contributed by atoms with van der Waals surface area (Å²) in [4.78, 5) is 55.7. The van der Waals surface area contributed by atoms with Crippen LogP contribution in [0.2, 0.25) is 0 Å². The van der Waals surface area contributed by atoms with E-state index >= 15 is 0 Å². The third kappa shape index (κ3) is 8.78. The molecule has 2 rings (SSSR count). The van der Waals surface area contributed by atoms with Gasteiger partial charge in [-0.15, -0.1) is 0 Å². The van der Waals surface area contributed by atoms with Gasteiger partial charge in [0.15, 0.2) is 5.96 Å². The second kappa shape index (κ2) is 13.9. The number of carboxylic acids is 1. The molecule has 0 spiro atoms. The number of nitrogens with zero attached hydrogens (tertiary/aromatic N) is 1. The highest BCUT2D eigenvalue weighted by molar-refractivity contribution is 7.80. The zero-order chi connectivity index (χ0) is 26.7. The lowest BCUT2D eigenvalue weighted by Crippen LogP contribution is -2.56. The SMILES string of the molecule is NC(N)=NCCCC(NC(=O)C(N)Cc1c[nH]c2ccccc12)C(=O)NC(CS)C(=O)NCC(=O)O. The molecule has 0 aliphatic carbocycles. The van der Waals surface area contributed by atoms with E-state index in [4.69, 9.17) is 22.3 Å². The highest BCUT2D eigenvalue weighted by Crippen LogP contribution is 2.18. The Morgan fingerprint density at radius 3 is 2.42 bits per heavy atom. The number of nitrogens with two attached hydrogens (primary N) is 3. The number of rotatable bonds is 14. The lowest BCUT2D eigenvalue weighted by Gasteiger charge is -2.23. The lowest BCUT2D eigenvalue weighted by atomic mass is 10.0. The van der Waals surface area contributed by atoms with E-state index in [2.05, 4.69) is 38.6 Å². The maximum atomic E-state index is 12.9. The van der Waals surface area contributed by atoms with E-state index in [0.717, 1.165) is 16.5 Å². The van der Waals surface area contributed by atoms with E-state index in [1.54, 1.807) is 6.20 Å². The molecular formula is C22H32N8O5S. The van der Waals surface area contributed by atoms with Crippen LogP contribution < -0.4 is 33.2 Å². The minimum Gasteiger partial charge on any atom is -0.480 e. The van der Waals surface area contributed by atoms with E-state index in [0.29, 0.717) is 6.42 Å². The molecule has 0 aliphatic heterocycles. The summed E-state index contributed by atoms with van der Waals surface area (Å²) in [7, 11) is 0. The fraction of sp³-hybridized carbons (Fsp3) is 0.409. The summed E-state index contributed by atoms with van der Waals surface area (Å²) >= 11 is 4.05. The number of aromatic nitrogens is 1. The number of carbonyl (C=O) groups is 4. The minimum atomic E-state index is -1.23. The molecule has 3 amide bonds. The maximum Gasteiger partial charge on any atom is 0.322 e. The Morgan fingerprint density at radius 1 is 1.06 bits per heavy atom. The third-order valence-electron chi connectivity index (χ3n) is 5.26. The second-order valence-corrected chi connectivity index (χ2v) is 8.40. The Labute approximate surface area is 213 Å². The van der Waals surface area contributed by atoms with Crippen LogP contribution in [0.1, 0.15) is 18.4 Å². The smallest absolute Gasteiger partial charge is 0.322 e. The summed E-state index contributed by atoms with van der Waals surface area (Å²) in [5.41, 5.74) is 18.6. The number of aromatic amines is 1. The second-order valence-electron chi connectivity index (χ2n) is 8.04. The predicted octanol–water partition coefficient (Wildman–Crippen LogP) is -1.81. The molecule has 196 valence electrons. The number of aliphatic imine (C=N–C) groups is 1. The van der Waals surface area contributed by atoms with Gasteiger partial charge in [0, 0.05) is 29.4 Å². The van der Waals surface area contributed by atoms with Crippen molar-refractivity contribution in [1.82, 2.24) is 20.9 Å². The first-order chi connectivity index (χ1) is 17.1. The Bertz CT molecular complexity index is 1100. The van der Waals surface area contributed by atoms with Gasteiger partial charge in [-0.25, -0.2) is 0 Å². The number of guanidine groups is 1. The van der Waals surface area contributed by atoms with E-state index in [-0.39, 0.29) is 31.1 Å². The van der Waals surface area contributed by atoms with Gasteiger partial charge in [-0.05, 0) is 30.9 Å². The number of carboxylic acid groups (broad SMARTS) is 1. The van der Waals surface area contributed by atoms with Gasteiger partial charge in [0.25, 0.3) is 0 Å². The summed E-state index contributed by atoms with van der Waals surface area (Å²) in [5.74, 6) is -3.36. The number of amides is 3. The van der Waals surface area contributed by atoms with Gasteiger partial charge >= 0.3 is 5.97 Å². The van der Waals surface area contributed by atoms with Gasteiger partial charge in [-0.3, -0.25) is 24.2 Å². The molecule has 11 N–H and O–H groups in total. The van der Waals surface area contributed by atoms with Crippen molar-refractivity contribution in [3.63, 3.8) is 0 Å². The van der Waals surface area contributed by atoms with Gasteiger partial charge in [0.05, 0.1) is 6.04 Å². The molecule has 3 unspecified atom stereocenters. The number of fused-ring (bicyclic) bond motifs is 1. The molecule has 0 saturated heterocycles. The van der Waals surface area contributed by atoms with Crippen molar-refractivity contribution in [3.05, 3.63) is 36.0 Å². The molecule has 0 fully saturated rings. The zero-order valence-electron chi connectivity index (χ0n) is 19.6. The van der Waals surface area contributed by atoms with E-state index in [1.807, 2.05) is 24.3 Å². The summed E-state index contributed by atoms with van der Waals surface area (Å²) in [6, 6.07) is 4.49. The number of nitrogens with one attached hydrogen (secondary N) is 4. The average Bonchev–Trinajstić information content (AvgIpc) is 3.25. The molecule has 1 aromatic carbocycles. The molecule has 1 heterocycles. The predicted molar refractivity (Wildman–Crippen MR) is 138 cm³/mol. The van der Waals surface area contributed by atoms with E-state index in [1.165, 1.54) is 0 Å². The van der Waals surface area contributed by atoms with Crippen LogP contribution in [-0.4, -0.2) is 76.7 Å². The Balaban J connectivity index is 2.07. The number of hydrogen-bond donors (Lipinski definition) is 9. The molecule has 0 bridgehead atoms. The highest BCUT2D eigenvalue weighted by Gasteiger charge is 2.28. The van der Waals surface area contributed by atoms with Crippen molar-refractivity contribution in [1.29, 1.82) is 0 Å². The molecule has 3 atom stereocenters. The van der Waals surface area contributed by atoms with E-state index < -0.39 is 48.4 Å². The van der Waals surface area contributed by atoms with Gasteiger partial charge in [0.2, 0.25) is 17.7 Å². The number of benzene rings is 1. The summed E-state index contributed by atoms with van der Waals surface area (Å²) < 4.78 is 0. The van der Waals surface area contributed by atoms with Crippen LogP contribution in [0.5, 0.6) is 0 Å². The van der Waals surface area contributed by atoms with Crippen LogP contribution >= 0.6 is 12.6 Å². The van der Waals surface area contributed by atoms with Crippen LogP contribution in [0.25, 0.3) is 10.9 Å². The molecule has 14 heteroatoms. The fourth-order valence-electron chi connectivity index (χ4n) is 3.43. The molecular weight excluding hydrogens is 488 g/mol. The van der Waals surface area contributed by atoms with Crippen molar-refractivity contribution >= 4 is 53.2 Å². The third-order valence-corrected chi connectivity index (χ3v) is 5.62. The van der Waals surface area contributed by atoms with Crippen molar-refractivity contribution in [2.45, 2.75) is 37.4 Å². The Kier molecular flexibility index (Phi) is 11.0. The molecule has 2 aromatic rings. The van der Waals surface area contributed by atoms with Crippen LogP contribution in [-0.2, 0) is 25.6 Å². The standard InChI is InChI=1S/C22H32N8O5S/c23-14(8-12-9-27-15-5-2-1-4-13(12)15)19(33)29-16(6-3-7-26-22(24)25)21(35)30-17(11-36)20(34)28-10-18(31)32/h1-2,4-5,9,14,16-17,27,36H,3,6-8,10-11,23H2,(H,28,34)(H,29,33)(H,30,35)(H,31,32)(H4,24,25,26). The first kappa shape index (κ1) is 28.5. The normalized spacial score (nSPS) is 13.3. The molecule has 36 heavy (non-hydrogen) atoms. The average molecular weight is 521 g/mol. The molecule has 13 nitrogen and oxygen atoms in total. The van der Waals surface area contributed by atoms with Gasteiger partial charge in [-0.1, -0.05) is 18.2 Å². The monoisotopic (exact) mass is 520 g/mol. The first-order valence-electron chi connectivity index (χ1n) is 11.2. The molecule has 0 radical (unpaired) electrons. The van der Waals surface area contributed by atoms with Crippen LogP contribution in [0.15, 0.2) is 35.5 Å². The van der Waals surface area contributed by atoms with Gasteiger partial charge < -0.3 is 43.2 Å². The summed E-state index contributed by atoms with van der Waals surface area (Å²) in [5, 5.41) is 17.0. The van der Waals surface area contributed by atoms with Crippen molar-refractivity contribution < 1.29 is 24.3 Å². The van der Waals surface area contributed by atoms with Crippen molar-refractivity contribution in [3.8, 4) is 0 Å². The van der Waals surface area contributed by atoms with Crippen molar-refractivity contribution in [2.24, 2.45) is 22.2 Å². The lowest BCUT2D eigenvalue weighted by molar-refractivity contribution is -0.138. The maximum absolute atomic E-state index is 12.9. The van der Waals surface area contributed by atoms with E-state index in [9.17, 15) is 19.2 Å². The minimum absolute atomic E-state index is 0.0913. The Morgan fingerprint density at radius 2 is 1.75 bits per heavy atom. The quantitative estimate of drug-likeness (QED) is 0.0595.